The Morgan fingerprint density at radius 2 is 2.11 bits per heavy atom. The second-order valence-corrected chi connectivity index (χ2v) is 4.02. The van der Waals surface area contributed by atoms with Crippen LogP contribution in [0, 0.1) is 0 Å². The van der Waals surface area contributed by atoms with Gasteiger partial charge in [0.25, 0.3) is 0 Å². The van der Waals surface area contributed by atoms with Gasteiger partial charge in [0.15, 0.2) is 0 Å². The largest absolute Gasteiger partial charge is 0.376 e. The van der Waals surface area contributed by atoms with Crippen molar-refractivity contribution in [1.29, 1.82) is 0 Å². The predicted molar refractivity (Wildman–Crippen MR) is 75.7 cm³/mol. The van der Waals surface area contributed by atoms with Gasteiger partial charge in [-0.1, -0.05) is 31.7 Å². The summed E-state index contributed by atoms with van der Waals surface area (Å²) in [5.41, 5.74) is 8.51. The molecule has 1 aromatic carbocycles. The summed E-state index contributed by atoms with van der Waals surface area (Å²) in [5.74, 6) is -0.415. The zero-order valence-electron chi connectivity index (χ0n) is 10.9. The van der Waals surface area contributed by atoms with E-state index in [0.717, 1.165) is 23.4 Å². The number of carbonyl (C=O) groups excluding carboxylic acids is 1. The van der Waals surface area contributed by atoms with Crippen molar-refractivity contribution in [3.63, 3.8) is 0 Å². The van der Waals surface area contributed by atoms with E-state index in [9.17, 15) is 4.79 Å². The van der Waals surface area contributed by atoms with E-state index in [4.69, 9.17) is 5.73 Å². The third kappa shape index (κ3) is 4.05. The van der Waals surface area contributed by atoms with Crippen LogP contribution in [0.25, 0.3) is 5.70 Å². The fourth-order valence-electron chi connectivity index (χ4n) is 1.40. The van der Waals surface area contributed by atoms with Crippen molar-refractivity contribution in [3.8, 4) is 0 Å². The molecule has 0 aliphatic rings. The molecule has 1 aromatic rings. The summed E-state index contributed by atoms with van der Waals surface area (Å²) in [6.45, 7) is 8.02. The van der Waals surface area contributed by atoms with Crippen LogP contribution in [0.5, 0.6) is 0 Å². The molecule has 0 aromatic heterocycles. The van der Waals surface area contributed by atoms with Crippen LogP contribution in [0.1, 0.15) is 25.8 Å². The van der Waals surface area contributed by atoms with Gasteiger partial charge in [0.05, 0.1) is 12.2 Å². The summed E-state index contributed by atoms with van der Waals surface area (Å²) in [5, 5.41) is 2.89. The first-order chi connectivity index (χ1) is 8.54. The summed E-state index contributed by atoms with van der Waals surface area (Å²) >= 11 is 0. The highest BCUT2D eigenvalue weighted by Crippen LogP contribution is 2.24. The second-order valence-electron chi connectivity index (χ2n) is 4.02. The van der Waals surface area contributed by atoms with Gasteiger partial charge in [0.1, 0.15) is 0 Å². The molecule has 1 amide bonds. The van der Waals surface area contributed by atoms with Crippen molar-refractivity contribution in [3.05, 3.63) is 36.4 Å². The smallest absolute Gasteiger partial charge is 0.236 e. The number of nitrogens with two attached hydrogens (primary N) is 1. The molecule has 0 spiro atoms. The molecule has 0 heterocycles. The molecule has 96 valence electrons. The first-order valence-electron chi connectivity index (χ1n) is 5.89. The highest BCUT2D eigenvalue weighted by atomic mass is 16.1. The number of para-hydroxylation sites is 1. The third-order valence-corrected chi connectivity index (χ3v) is 2.53. The lowest BCUT2D eigenvalue weighted by molar-refractivity contribution is -0.117. The number of nitrogens with zero attached hydrogens (tertiary/aromatic N) is 1. The van der Waals surface area contributed by atoms with Crippen molar-refractivity contribution in [1.82, 2.24) is 5.32 Å². The molecular weight excluding hydrogens is 226 g/mol. The fraction of sp³-hybridized carbons (Fsp3) is 0.286. The molecule has 0 saturated carbocycles. The zero-order chi connectivity index (χ0) is 13.5. The maximum absolute atomic E-state index is 10.7. The average molecular weight is 245 g/mol. The lowest BCUT2D eigenvalue weighted by Crippen LogP contribution is -2.27. The van der Waals surface area contributed by atoms with E-state index in [1.165, 1.54) is 0 Å². The van der Waals surface area contributed by atoms with Crippen LogP contribution in [0.15, 0.2) is 35.8 Å². The predicted octanol–water partition coefficient (Wildman–Crippen LogP) is 2.23. The molecular formula is C14H19N3O. The molecule has 0 atom stereocenters. The highest BCUT2D eigenvalue weighted by Gasteiger charge is 2.05. The van der Waals surface area contributed by atoms with E-state index in [-0.39, 0.29) is 6.54 Å². The molecule has 4 nitrogen and oxygen atoms in total. The van der Waals surface area contributed by atoms with E-state index in [1.807, 2.05) is 31.2 Å². The van der Waals surface area contributed by atoms with Gasteiger partial charge in [0, 0.05) is 17.0 Å². The lowest BCUT2D eigenvalue weighted by Gasteiger charge is -2.11. The quantitative estimate of drug-likeness (QED) is 0.755. The summed E-state index contributed by atoms with van der Waals surface area (Å²) in [4.78, 5) is 15.3. The average Bonchev–Trinajstić information content (AvgIpc) is 2.36. The first kappa shape index (κ1) is 14.0. The van der Waals surface area contributed by atoms with Crippen LogP contribution in [0.2, 0.25) is 0 Å². The minimum atomic E-state index is -0.415. The molecule has 0 saturated heterocycles. The van der Waals surface area contributed by atoms with E-state index in [0.29, 0.717) is 5.70 Å². The Morgan fingerprint density at radius 3 is 2.72 bits per heavy atom. The maximum atomic E-state index is 10.7. The summed E-state index contributed by atoms with van der Waals surface area (Å²) in [7, 11) is 0. The Morgan fingerprint density at radius 1 is 1.44 bits per heavy atom. The van der Waals surface area contributed by atoms with Crippen LogP contribution in [-0.4, -0.2) is 18.2 Å². The normalized spacial score (nSPS) is 11.1. The number of amides is 1. The number of carbonyl (C=O) groups is 1. The van der Waals surface area contributed by atoms with Gasteiger partial charge in [-0.2, -0.15) is 0 Å². The van der Waals surface area contributed by atoms with Crippen molar-refractivity contribution in [2.24, 2.45) is 10.7 Å². The number of hydrogen-bond acceptors (Lipinski definition) is 3. The molecule has 1 rings (SSSR count). The molecule has 3 N–H and O–H groups in total. The van der Waals surface area contributed by atoms with Crippen molar-refractivity contribution in [2.45, 2.75) is 20.3 Å². The number of hydrogen-bond donors (Lipinski definition) is 2. The Balaban J connectivity index is 2.94. The minimum absolute atomic E-state index is 0.0731. The molecule has 0 unspecified atom stereocenters. The SMILES string of the molecule is C=C(NCC(N)=O)c1ccccc1N=C(C)CC. The Hall–Kier alpha value is -2.10. The highest BCUT2D eigenvalue weighted by molar-refractivity contribution is 5.87. The van der Waals surface area contributed by atoms with Gasteiger partial charge in [-0.25, -0.2) is 0 Å². The number of rotatable bonds is 6. The summed E-state index contributed by atoms with van der Waals surface area (Å²) in [6.07, 6.45) is 0.898. The maximum Gasteiger partial charge on any atom is 0.236 e. The van der Waals surface area contributed by atoms with Crippen LogP contribution < -0.4 is 11.1 Å². The fourth-order valence-corrected chi connectivity index (χ4v) is 1.40. The van der Waals surface area contributed by atoms with Gasteiger partial charge in [-0.05, 0) is 19.4 Å². The van der Waals surface area contributed by atoms with Crippen molar-refractivity contribution >= 4 is 23.0 Å². The molecule has 4 heteroatoms. The monoisotopic (exact) mass is 245 g/mol. The van der Waals surface area contributed by atoms with E-state index >= 15 is 0 Å². The Labute approximate surface area is 108 Å². The third-order valence-electron chi connectivity index (χ3n) is 2.53. The number of benzene rings is 1. The number of primary amides is 1. The van der Waals surface area contributed by atoms with E-state index in [1.54, 1.807) is 0 Å². The molecule has 0 radical (unpaired) electrons. The molecule has 18 heavy (non-hydrogen) atoms. The number of nitrogens with one attached hydrogen (secondary N) is 1. The summed E-state index contributed by atoms with van der Waals surface area (Å²) < 4.78 is 0. The number of aliphatic imine (C=N–C) groups is 1. The van der Waals surface area contributed by atoms with Gasteiger partial charge in [-0.3, -0.25) is 9.79 Å². The molecule has 0 aliphatic heterocycles. The standard InChI is InChI=1S/C14H19N3O/c1-4-10(2)17-13-8-6-5-7-12(13)11(3)16-9-14(15)18/h5-8,16H,3-4,9H2,1-2H3,(H2,15,18). The van der Waals surface area contributed by atoms with Crippen LogP contribution in [0.4, 0.5) is 5.69 Å². The van der Waals surface area contributed by atoms with Gasteiger partial charge >= 0.3 is 0 Å². The molecule has 0 aliphatic carbocycles. The Kier molecular flexibility index (Phi) is 5.11. The van der Waals surface area contributed by atoms with Crippen molar-refractivity contribution < 1.29 is 4.79 Å². The molecule has 0 fully saturated rings. The van der Waals surface area contributed by atoms with Crippen LogP contribution >= 0.6 is 0 Å². The van der Waals surface area contributed by atoms with Crippen molar-refractivity contribution in [2.75, 3.05) is 6.54 Å². The van der Waals surface area contributed by atoms with Crippen LogP contribution in [0.3, 0.4) is 0 Å². The Bertz CT molecular complexity index is 478. The lowest BCUT2D eigenvalue weighted by atomic mass is 10.1. The first-order valence-corrected chi connectivity index (χ1v) is 5.89. The van der Waals surface area contributed by atoms with Gasteiger partial charge < -0.3 is 11.1 Å². The minimum Gasteiger partial charge on any atom is -0.376 e. The summed E-state index contributed by atoms with van der Waals surface area (Å²) in [6, 6.07) is 7.67. The zero-order valence-corrected chi connectivity index (χ0v) is 10.9. The topological polar surface area (TPSA) is 67.5 Å². The van der Waals surface area contributed by atoms with Gasteiger partial charge in [0.2, 0.25) is 5.91 Å². The van der Waals surface area contributed by atoms with E-state index < -0.39 is 5.91 Å². The van der Waals surface area contributed by atoms with Crippen LogP contribution in [-0.2, 0) is 4.79 Å². The second kappa shape index (κ2) is 6.59. The van der Waals surface area contributed by atoms with E-state index in [2.05, 4.69) is 23.8 Å². The van der Waals surface area contributed by atoms with Gasteiger partial charge in [-0.15, -0.1) is 0 Å². The molecule has 0 bridgehead atoms.